The lowest BCUT2D eigenvalue weighted by Gasteiger charge is -2.10. The summed E-state index contributed by atoms with van der Waals surface area (Å²) in [7, 11) is 0. The summed E-state index contributed by atoms with van der Waals surface area (Å²) in [6.07, 6.45) is 0. The van der Waals surface area contributed by atoms with E-state index in [4.69, 9.17) is 5.11 Å². The molecule has 0 saturated carbocycles. The molecule has 88 valence electrons. The van der Waals surface area contributed by atoms with Gasteiger partial charge in [-0.2, -0.15) is 0 Å². The van der Waals surface area contributed by atoms with Gasteiger partial charge in [-0.25, -0.2) is 4.39 Å². The Morgan fingerprint density at radius 2 is 1.71 bits per heavy atom. The van der Waals surface area contributed by atoms with Gasteiger partial charge in [0.25, 0.3) is 0 Å². The molecule has 2 rings (SSSR count). The Morgan fingerprint density at radius 3 is 2.41 bits per heavy atom. The molecule has 2 nitrogen and oxygen atoms in total. The second-order valence-corrected chi connectivity index (χ2v) is 3.80. The van der Waals surface area contributed by atoms with E-state index >= 15 is 0 Å². The fraction of sp³-hybridized carbons (Fsp3) is 0.143. The lowest BCUT2D eigenvalue weighted by Crippen LogP contribution is -2.02. The van der Waals surface area contributed by atoms with Crippen molar-refractivity contribution in [2.45, 2.75) is 13.2 Å². The van der Waals surface area contributed by atoms with Crippen LogP contribution in [0.1, 0.15) is 11.1 Å². The minimum absolute atomic E-state index is 0.00654. The van der Waals surface area contributed by atoms with Crippen molar-refractivity contribution in [1.29, 1.82) is 0 Å². The minimum Gasteiger partial charge on any atom is -0.392 e. The van der Waals surface area contributed by atoms with Crippen LogP contribution in [0.15, 0.2) is 48.5 Å². The third kappa shape index (κ3) is 3.04. The van der Waals surface area contributed by atoms with Crippen molar-refractivity contribution in [2.24, 2.45) is 0 Å². The van der Waals surface area contributed by atoms with E-state index in [1.165, 1.54) is 12.1 Å². The predicted octanol–water partition coefficient (Wildman–Crippen LogP) is 2.93. The molecule has 0 amide bonds. The van der Waals surface area contributed by atoms with E-state index in [0.717, 1.165) is 16.8 Å². The van der Waals surface area contributed by atoms with E-state index in [9.17, 15) is 4.39 Å². The van der Waals surface area contributed by atoms with Gasteiger partial charge in [-0.3, -0.25) is 0 Å². The first kappa shape index (κ1) is 11.6. The zero-order chi connectivity index (χ0) is 12.1. The van der Waals surface area contributed by atoms with Crippen molar-refractivity contribution in [3.05, 3.63) is 65.5 Å². The third-order valence-electron chi connectivity index (χ3n) is 2.58. The number of aliphatic hydroxyl groups is 1. The highest BCUT2D eigenvalue weighted by Gasteiger charge is 2.00. The van der Waals surface area contributed by atoms with Crippen LogP contribution in [0.3, 0.4) is 0 Å². The van der Waals surface area contributed by atoms with Gasteiger partial charge in [0.2, 0.25) is 0 Å². The van der Waals surface area contributed by atoms with Crippen LogP contribution in [0.25, 0.3) is 0 Å². The summed E-state index contributed by atoms with van der Waals surface area (Å²) in [6.45, 7) is 0.615. The largest absolute Gasteiger partial charge is 0.392 e. The van der Waals surface area contributed by atoms with Crippen molar-refractivity contribution >= 4 is 5.69 Å². The number of benzene rings is 2. The number of anilines is 1. The summed E-state index contributed by atoms with van der Waals surface area (Å²) < 4.78 is 12.7. The molecule has 0 heterocycles. The fourth-order valence-corrected chi connectivity index (χ4v) is 1.63. The summed E-state index contributed by atoms with van der Waals surface area (Å²) in [5.41, 5.74) is 2.76. The Balaban J connectivity index is 2.04. The van der Waals surface area contributed by atoms with Crippen molar-refractivity contribution in [3.8, 4) is 0 Å². The first-order valence-electron chi connectivity index (χ1n) is 5.46. The highest BCUT2D eigenvalue weighted by Crippen LogP contribution is 2.16. The summed E-state index contributed by atoms with van der Waals surface area (Å²) >= 11 is 0. The molecule has 0 spiro atoms. The quantitative estimate of drug-likeness (QED) is 0.848. The molecule has 0 atom stereocenters. The maximum Gasteiger partial charge on any atom is 0.123 e. The lowest BCUT2D eigenvalue weighted by atomic mass is 10.1. The van der Waals surface area contributed by atoms with Crippen LogP contribution in [0.2, 0.25) is 0 Å². The molecule has 0 radical (unpaired) electrons. The second-order valence-electron chi connectivity index (χ2n) is 3.80. The summed E-state index contributed by atoms with van der Waals surface area (Å²) in [5.74, 6) is -0.232. The molecule has 0 aliphatic heterocycles. The van der Waals surface area contributed by atoms with E-state index in [1.54, 1.807) is 12.1 Å². The minimum atomic E-state index is -0.232. The first-order chi connectivity index (χ1) is 8.29. The molecular weight excluding hydrogens is 217 g/mol. The van der Waals surface area contributed by atoms with Gasteiger partial charge in [0, 0.05) is 17.8 Å². The van der Waals surface area contributed by atoms with Crippen LogP contribution < -0.4 is 5.32 Å². The average molecular weight is 231 g/mol. The van der Waals surface area contributed by atoms with E-state index in [1.807, 2.05) is 24.3 Å². The molecule has 0 bridgehead atoms. The molecule has 0 aromatic heterocycles. The van der Waals surface area contributed by atoms with E-state index in [-0.39, 0.29) is 12.4 Å². The van der Waals surface area contributed by atoms with Gasteiger partial charge in [0.15, 0.2) is 0 Å². The Kier molecular flexibility index (Phi) is 3.73. The number of nitrogens with one attached hydrogen (secondary N) is 1. The number of hydrogen-bond acceptors (Lipinski definition) is 2. The second kappa shape index (κ2) is 5.46. The SMILES string of the molecule is OCc1ccccc1NCc1ccc(F)cc1. The van der Waals surface area contributed by atoms with Gasteiger partial charge in [0.05, 0.1) is 6.61 Å². The average Bonchev–Trinajstić information content (AvgIpc) is 2.38. The number of aliphatic hydroxyl groups excluding tert-OH is 1. The van der Waals surface area contributed by atoms with Crippen LogP contribution in [-0.4, -0.2) is 5.11 Å². The van der Waals surface area contributed by atoms with Crippen molar-refractivity contribution in [3.63, 3.8) is 0 Å². The Bertz CT molecular complexity index is 482. The highest BCUT2D eigenvalue weighted by molar-refractivity contribution is 5.51. The van der Waals surface area contributed by atoms with Gasteiger partial charge in [0.1, 0.15) is 5.82 Å². The summed E-state index contributed by atoms with van der Waals surface area (Å²) in [5, 5.41) is 12.4. The van der Waals surface area contributed by atoms with Gasteiger partial charge < -0.3 is 10.4 Å². The van der Waals surface area contributed by atoms with Gasteiger partial charge in [-0.1, -0.05) is 30.3 Å². The molecule has 17 heavy (non-hydrogen) atoms. The van der Waals surface area contributed by atoms with Crippen molar-refractivity contribution in [2.75, 3.05) is 5.32 Å². The molecule has 0 aliphatic rings. The zero-order valence-electron chi connectivity index (χ0n) is 9.36. The van der Waals surface area contributed by atoms with Gasteiger partial charge in [-0.15, -0.1) is 0 Å². The summed E-state index contributed by atoms with van der Waals surface area (Å²) in [4.78, 5) is 0. The zero-order valence-corrected chi connectivity index (χ0v) is 9.36. The number of para-hydroxylation sites is 1. The molecule has 0 unspecified atom stereocenters. The molecule has 2 aromatic rings. The first-order valence-corrected chi connectivity index (χ1v) is 5.46. The maximum absolute atomic E-state index is 12.7. The fourth-order valence-electron chi connectivity index (χ4n) is 1.63. The topological polar surface area (TPSA) is 32.3 Å². The van der Waals surface area contributed by atoms with Gasteiger partial charge in [-0.05, 0) is 23.8 Å². The molecule has 0 saturated heterocycles. The molecule has 0 aliphatic carbocycles. The van der Waals surface area contributed by atoms with Crippen molar-refractivity contribution < 1.29 is 9.50 Å². The molecule has 2 aromatic carbocycles. The Morgan fingerprint density at radius 1 is 1.00 bits per heavy atom. The normalized spacial score (nSPS) is 10.2. The smallest absolute Gasteiger partial charge is 0.123 e. The highest BCUT2D eigenvalue weighted by atomic mass is 19.1. The van der Waals surface area contributed by atoms with E-state index < -0.39 is 0 Å². The number of halogens is 1. The molecular formula is C14H14FNO. The Labute approximate surface area is 99.7 Å². The predicted molar refractivity (Wildman–Crippen MR) is 66.1 cm³/mol. The number of rotatable bonds is 4. The molecule has 0 fully saturated rings. The maximum atomic E-state index is 12.7. The van der Waals surface area contributed by atoms with E-state index in [0.29, 0.717) is 6.54 Å². The monoisotopic (exact) mass is 231 g/mol. The summed E-state index contributed by atoms with van der Waals surface area (Å²) in [6, 6.07) is 13.9. The van der Waals surface area contributed by atoms with Crippen LogP contribution in [-0.2, 0) is 13.2 Å². The Hall–Kier alpha value is -1.87. The molecule has 3 heteroatoms. The lowest BCUT2D eigenvalue weighted by molar-refractivity contribution is 0.282. The van der Waals surface area contributed by atoms with Crippen LogP contribution in [0, 0.1) is 5.82 Å². The standard InChI is InChI=1S/C14H14FNO/c15-13-7-5-11(6-8-13)9-16-14-4-2-1-3-12(14)10-17/h1-8,16-17H,9-10H2. The van der Waals surface area contributed by atoms with Crippen molar-refractivity contribution in [1.82, 2.24) is 0 Å². The van der Waals surface area contributed by atoms with Gasteiger partial charge >= 0.3 is 0 Å². The van der Waals surface area contributed by atoms with E-state index in [2.05, 4.69) is 5.32 Å². The van der Waals surface area contributed by atoms with Crippen LogP contribution >= 0.6 is 0 Å². The van der Waals surface area contributed by atoms with Crippen LogP contribution in [0.5, 0.6) is 0 Å². The third-order valence-corrected chi connectivity index (χ3v) is 2.58. The van der Waals surface area contributed by atoms with Crippen LogP contribution in [0.4, 0.5) is 10.1 Å². The number of hydrogen-bond donors (Lipinski definition) is 2. The molecule has 2 N–H and O–H groups in total.